The van der Waals surface area contributed by atoms with Gasteiger partial charge in [-0.05, 0) is 49.9 Å². The number of aromatic nitrogens is 3. The molecule has 1 aliphatic rings. The number of anilines is 2. The van der Waals surface area contributed by atoms with E-state index in [0.29, 0.717) is 33.6 Å². The molecule has 2 aromatic carbocycles. The van der Waals surface area contributed by atoms with Crippen LogP contribution in [0.5, 0.6) is 0 Å². The van der Waals surface area contributed by atoms with Gasteiger partial charge in [0, 0.05) is 29.3 Å². The van der Waals surface area contributed by atoms with Crippen molar-refractivity contribution in [1.29, 1.82) is 0 Å². The summed E-state index contributed by atoms with van der Waals surface area (Å²) in [6.07, 6.45) is 0.969. The number of hydrogen-bond acceptors (Lipinski definition) is 7. The maximum atomic E-state index is 13.6. The van der Waals surface area contributed by atoms with Gasteiger partial charge in [0.1, 0.15) is 6.04 Å². The molecule has 9 nitrogen and oxygen atoms in total. The number of nitro groups is 1. The summed E-state index contributed by atoms with van der Waals surface area (Å²) in [6, 6.07) is 11.4. The average Bonchev–Trinajstić information content (AvgIpc) is 3.22. The third-order valence-corrected chi connectivity index (χ3v) is 6.81. The van der Waals surface area contributed by atoms with Crippen LogP contribution in [0.1, 0.15) is 43.0 Å². The van der Waals surface area contributed by atoms with E-state index in [4.69, 9.17) is 0 Å². The largest absolute Gasteiger partial charge is 0.328 e. The second-order valence-corrected chi connectivity index (χ2v) is 9.19. The van der Waals surface area contributed by atoms with Gasteiger partial charge >= 0.3 is 0 Å². The molecule has 0 spiro atoms. The summed E-state index contributed by atoms with van der Waals surface area (Å²) in [6.45, 7) is 7.82. The van der Waals surface area contributed by atoms with Crippen LogP contribution >= 0.6 is 11.8 Å². The van der Waals surface area contributed by atoms with Gasteiger partial charge in [-0.1, -0.05) is 43.0 Å². The summed E-state index contributed by atoms with van der Waals surface area (Å²) >= 11 is 1.53. The summed E-state index contributed by atoms with van der Waals surface area (Å²) in [4.78, 5) is 29.2. The fourth-order valence-corrected chi connectivity index (χ4v) is 4.56. The van der Waals surface area contributed by atoms with Gasteiger partial charge < -0.3 is 10.6 Å². The fourth-order valence-electron chi connectivity index (χ4n) is 3.87. The Balaban J connectivity index is 1.80. The van der Waals surface area contributed by atoms with Crippen molar-refractivity contribution in [3.63, 3.8) is 0 Å². The molecule has 176 valence electrons. The first-order valence-corrected chi connectivity index (χ1v) is 12.0. The molecule has 10 heteroatoms. The van der Waals surface area contributed by atoms with E-state index in [1.165, 1.54) is 23.9 Å². The molecule has 1 atom stereocenters. The number of rotatable bonds is 7. The lowest BCUT2D eigenvalue weighted by atomic mass is 9.94. The summed E-state index contributed by atoms with van der Waals surface area (Å²) in [5.74, 6) is 1.05. The molecule has 1 unspecified atom stereocenters. The zero-order chi connectivity index (χ0) is 24.4. The number of nitro benzene ring substituents is 1. The monoisotopic (exact) mass is 478 g/mol. The third-order valence-electron chi connectivity index (χ3n) is 5.76. The quantitative estimate of drug-likeness (QED) is 0.271. The van der Waals surface area contributed by atoms with E-state index in [-0.39, 0.29) is 11.6 Å². The number of nitrogens with one attached hydrogen (secondary N) is 2. The Morgan fingerprint density at radius 3 is 2.74 bits per heavy atom. The highest BCUT2D eigenvalue weighted by Crippen LogP contribution is 2.38. The number of allylic oxidation sites excluding steroid dienone is 1. The minimum absolute atomic E-state index is 0.0507. The van der Waals surface area contributed by atoms with Crippen molar-refractivity contribution in [3.8, 4) is 0 Å². The van der Waals surface area contributed by atoms with Crippen LogP contribution in [-0.2, 0) is 4.79 Å². The number of carbonyl (C=O) groups excluding carboxylic acids is 1. The molecule has 1 aromatic heterocycles. The minimum atomic E-state index is -0.676. The van der Waals surface area contributed by atoms with Gasteiger partial charge in [-0.2, -0.15) is 4.98 Å². The summed E-state index contributed by atoms with van der Waals surface area (Å²) in [7, 11) is 0. The molecular formula is C24H26N6O3S. The predicted molar refractivity (Wildman–Crippen MR) is 133 cm³/mol. The Morgan fingerprint density at radius 1 is 1.24 bits per heavy atom. The number of hydrogen-bond donors (Lipinski definition) is 2. The zero-order valence-electron chi connectivity index (χ0n) is 19.5. The highest BCUT2D eigenvalue weighted by Gasteiger charge is 2.35. The molecule has 0 aliphatic carbocycles. The van der Waals surface area contributed by atoms with Gasteiger partial charge in [0.25, 0.3) is 11.6 Å². The lowest BCUT2D eigenvalue weighted by Crippen LogP contribution is -2.31. The second kappa shape index (κ2) is 9.68. The van der Waals surface area contributed by atoms with Crippen LogP contribution in [0, 0.1) is 24.0 Å². The molecule has 0 radical (unpaired) electrons. The van der Waals surface area contributed by atoms with Gasteiger partial charge in [-0.25, -0.2) is 4.68 Å². The summed E-state index contributed by atoms with van der Waals surface area (Å²) < 4.78 is 1.64. The van der Waals surface area contributed by atoms with Crippen LogP contribution in [-0.4, -0.2) is 31.3 Å². The highest BCUT2D eigenvalue weighted by molar-refractivity contribution is 7.99. The third kappa shape index (κ3) is 4.54. The van der Waals surface area contributed by atoms with E-state index in [2.05, 4.69) is 27.6 Å². The molecule has 0 bridgehead atoms. The van der Waals surface area contributed by atoms with Crippen molar-refractivity contribution in [3.05, 3.63) is 80.5 Å². The number of non-ortho nitro benzene ring substituents is 1. The molecule has 0 saturated carbocycles. The van der Waals surface area contributed by atoms with Crippen LogP contribution in [0.2, 0.25) is 0 Å². The Hall–Kier alpha value is -3.66. The molecule has 1 amide bonds. The number of amides is 1. The zero-order valence-corrected chi connectivity index (χ0v) is 20.3. The molecular weight excluding hydrogens is 452 g/mol. The normalized spacial score (nSPS) is 15.0. The minimum Gasteiger partial charge on any atom is -0.328 e. The SMILES string of the molecule is CCCSc1nc2n(n1)C(c1cccc([N+](=O)[O-])c1)C(C(=O)Nc1cccc(C)c1C)=C(C)N2. The number of fused-ring (bicyclic) bond motifs is 1. The summed E-state index contributed by atoms with van der Waals surface area (Å²) in [5, 5.41) is 22.9. The maximum absolute atomic E-state index is 13.6. The Bertz CT molecular complexity index is 1300. The van der Waals surface area contributed by atoms with Gasteiger partial charge in [-0.15, -0.1) is 5.10 Å². The van der Waals surface area contributed by atoms with Crippen LogP contribution in [0.15, 0.2) is 58.9 Å². The number of aryl methyl sites for hydroxylation is 1. The molecule has 0 fully saturated rings. The van der Waals surface area contributed by atoms with Gasteiger partial charge in [-0.3, -0.25) is 14.9 Å². The van der Waals surface area contributed by atoms with E-state index in [1.807, 2.05) is 32.0 Å². The highest BCUT2D eigenvalue weighted by atomic mass is 32.2. The van der Waals surface area contributed by atoms with E-state index in [9.17, 15) is 14.9 Å². The Labute approximate surface area is 201 Å². The number of benzene rings is 2. The first-order chi connectivity index (χ1) is 16.3. The first-order valence-electron chi connectivity index (χ1n) is 11.0. The van der Waals surface area contributed by atoms with Crippen molar-refractivity contribution in [2.45, 2.75) is 45.3 Å². The number of carbonyl (C=O) groups is 1. The first kappa shape index (κ1) is 23.5. The van der Waals surface area contributed by atoms with Crippen molar-refractivity contribution in [2.75, 3.05) is 16.4 Å². The Morgan fingerprint density at radius 2 is 2.00 bits per heavy atom. The smallest absolute Gasteiger partial charge is 0.269 e. The number of thioether (sulfide) groups is 1. The predicted octanol–water partition coefficient (Wildman–Crippen LogP) is 5.23. The molecule has 2 N–H and O–H groups in total. The van der Waals surface area contributed by atoms with Gasteiger partial charge in [0.2, 0.25) is 11.1 Å². The van der Waals surface area contributed by atoms with E-state index < -0.39 is 11.0 Å². The lowest BCUT2D eigenvalue weighted by molar-refractivity contribution is -0.384. The molecule has 2 heterocycles. The van der Waals surface area contributed by atoms with Crippen molar-refractivity contribution in [1.82, 2.24) is 14.8 Å². The van der Waals surface area contributed by atoms with Crippen LogP contribution in [0.4, 0.5) is 17.3 Å². The van der Waals surface area contributed by atoms with Crippen molar-refractivity contribution < 1.29 is 9.72 Å². The topological polar surface area (TPSA) is 115 Å². The Kier molecular flexibility index (Phi) is 6.69. The molecule has 34 heavy (non-hydrogen) atoms. The van der Waals surface area contributed by atoms with E-state index in [0.717, 1.165) is 23.3 Å². The molecule has 0 saturated heterocycles. The molecule has 3 aromatic rings. The van der Waals surface area contributed by atoms with Gasteiger partial charge in [0.05, 0.1) is 10.5 Å². The van der Waals surface area contributed by atoms with Crippen molar-refractivity contribution in [2.24, 2.45) is 0 Å². The van der Waals surface area contributed by atoms with Crippen LogP contribution < -0.4 is 10.6 Å². The summed E-state index contributed by atoms with van der Waals surface area (Å²) in [5.41, 5.74) is 4.33. The van der Waals surface area contributed by atoms with Crippen LogP contribution in [0.3, 0.4) is 0 Å². The second-order valence-electron chi connectivity index (χ2n) is 8.13. The van der Waals surface area contributed by atoms with Gasteiger partial charge in [0.15, 0.2) is 0 Å². The number of nitrogens with zero attached hydrogens (tertiary/aromatic N) is 4. The molecule has 1 aliphatic heterocycles. The molecule has 4 rings (SSSR count). The van der Waals surface area contributed by atoms with Crippen molar-refractivity contribution >= 4 is 35.0 Å². The average molecular weight is 479 g/mol. The van der Waals surface area contributed by atoms with E-state index in [1.54, 1.807) is 23.7 Å². The maximum Gasteiger partial charge on any atom is 0.269 e. The van der Waals surface area contributed by atoms with Crippen LogP contribution in [0.25, 0.3) is 0 Å². The van der Waals surface area contributed by atoms with E-state index >= 15 is 0 Å². The fraction of sp³-hybridized carbons (Fsp3) is 0.292. The standard InChI is InChI=1S/C24H26N6O3S/c1-5-12-34-24-27-23-25-16(4)20(22(31)26-19-11-6-8-14(2)15(19)3)21(29(23)28-24)17-9-7-10-18(13-17)30(32)33/h6-11,13,21H,5,12H2,1-4H3,(H,26,31)(H,25,27,28). The lowest BCUT2D eigenvalue weighted by Gasteiger charge is -2.28.